The Morgan fingerprint density at radius 2 is 1.72 bits per heavy atom. The van der Waals surface area contributed by atoms with Crippen LogP contribution in [-0.2, 0) is 0 Å². The Balaban J connectivity index is 1.34. The van der Waals surface area contributed by atoms with Crippen LogP contribution in [-0.4, -0.2) is 46.5 Å². The van der Waals surface area contributed by atoms with Crippen molar-refractivity contribution < 1.29 is 4.79 Å². The minimum absolute atomic E-state index is 0.105. The number of aromatic nitrogens is 2. The zero-order valence-corrected chi connectivity index (χ0v) is 16.5. The summed E-state index contributed by atoms with van der Waals surface area (Å²) in [5, 5.41) is 3.52. The molecule has 1 fully saturated rings. The van der Waals surface area contributed by atoms with Crippen LogP contribution in [0.3, 0.4) is 0 Å². The molecule has 0 unspecified atom stereocenters. The SMILES string of the molecule is O=C(Nc1cccc(Cl)c1)N1CCN(c2nc3ccccc3n3cccc23)CC1. The smallest absolute Gasteiger partial charge is 0.321 e. The fourth-order valence-corrected chi connectivity index (χ4v) is 4.02. The van der Waals surface area contributed by atoms with Crippen LogP contribution in [0.1, 0.15) is 0 Å². The Morgan fingerprint density at radius 1 is 0.931 bits per heavy atom. The highest BCUT2D eigenvalue weighted by atomic mass is 35.5. The average Bonchev–Trinajstić information content (AvgIpc) is 3.24. The van der Waals surface area contributed by atoms with Crippen molar-refractivity contribution in [2.45, 2.75) is 0 Å². The van der Waals surface area contributed by atoms with Crippen LogP contribution >= 0.6 is 11.6 Å². The van der Waals surface area contributed by atoms with Crippen molar-refractivity contribution in [3.8, 4) is 0 Å². The maximum absolute atomic E-state index is 12.6. The number of nitrogens with zero attached hydrogens (tertiary/aromatic N) is 4. The topological polar surface area (TPSA) is 52.9 Å². The number of hydrogen-bond donors (Lipinski definition) is 1. The summed E-state index contributed by atoms with van der Waals surface area (Å²) in [4.78, 5) is 21.6. The van der Waals surface area contributed by atoms with Crippen molar-refractivity contribution >= 4 is 45.7 Å². The molecule has 1 saturated heterocycles. The summed E-state index contributed by atoms with van der Waals surface area (Å²) in [7, 11) is 0. The second-order valence-corrected chi connectivity index (χ2v) is 7.54. The van der Waals surface area contributed by atoms with Gasteiger partial charge >= 0.3 is 6.03 Å². The lowest BCUT2D eigenvalue weighted by Gasteiger charge is -2.35. The van der Waals surface area contributed by atoms with Gasteiger partial charge in [0.05, 0.1) is 16.6 Å². The van der Waals surface area contributed by atoms with E-state index in [1.807, 2.05) is 41.3 Å². The lowest BCUT2D eigenvalue weighted by atomic mass is 10.2. The number of hydrogen-bond acceptors (Lipinski definition) is 3. The van der Waals surface area contributed by atoms with Crippen LogP contribution < -0.4 is 10.2 Å². The van der Waals surface area contributed by atoms with Gasteiger partial charge in [0, 0.05) is 43.1 Å². The second-order valence-electron chi connectivity index (χ2n) is 7.10. The molecule has 1 aliphatic rings. The minimum Gasteiger partial charge on any atom is -0.351 e. The Morgan fingerprint density at radius 3 is 2.55 bits per heavy atom. The molecule has 0 spiro atoms. The maximum atomic E-state index is 12.6. The zero-order valence-electron chi connectivity index (χ0n) is 15.8. The summed E-state index contributed by atoms with van der Waals surface area (Å²) in [5.41, 5.74) is 3.85. The first-order valence-corrected chi connectivity index (χ1v) is 9.99. The third-order valence-electron chi connectivity index (χ3n) is 5.29. The third-order valence-corrected chi connectivity index (χ3v) is 5.52. The summed E-state index contributed by atoms with van der Waals surface area (Å²) in [5.74, 6) is 0.962. The Hall–Kier alpha value is -3.25. The van der Waals surface area contributed by atoms with Gasteiger partial charge in [-0.05, 0) is 42.5 Å². The van der Waals surface area contributed by atoms with Gasteiger partial charge in [0.15, 0.2) is 5.82 Å². The summed E-state index contributed by atoms with van der Waals surface area (Å²) < 4.78 is 2.18. The number of piperazine rings is 1. The first-order chi connectivity index (χ1) is 14.2. The summed E-state index contributed by atoms with van der Waals surface area (Å²) in [6.45, 7) is 2.73. The number of carbonyl (C=O) groups excluding carboxylic acids is 1. The zero-order chi connectivity index (χ0) is 19.8. The maximum Gasteiger partial charge on any atom is 0.321 e. The number of rotatable bonds is 2. The van der Waals surface area contributed by atoms with Crippen LogP contribution in [0, 0.1) is 0 Å². The largest absolute Gasteiger partial charge is 0.351 e. The Labute approximate surface area is 173 Å². The molecule has 2 aromatic heterocycles. The van der Waals surface area contributed by atoms with Gasteiger partial charge in [0.25, 0.3) is 0 Å². The van der Waals surface area contributed by atoms with E-state index in [9.17, 15) is 4.79 Å². The summed E-state index contributed by atoms with van der Waals surface area (Å²) in [6.07, 6.45) is 2.07. The molecule has 6 nitrogen and oxygen atoms in total. The first-order valence-electron chi connectivity index (χ1n) is 9.61. The van der Waals surface area contributed by atoms with Crippen LogP contribution in [0.4, 0.5) is 16.3 Å². The molecule has 146 valence electrons. The molecule has 4 aromatic rings. The number of carbonyl (C=O) groups is 1. The summed E-state index contributed by atoms with van der Waals surface area (Å²) in [6, 6.07) is 19.4. The standard InChI is InChI=1S/C22H20ClN5O/c23-16-5-3-6-17(15-16)24-22(29)27-13-11-26(12-14-27)21-20-9-4-10-28(20)19-8-2-1-7-18(19)25-21/h1-10,15H,11-14H2,(H,24,29). The minimum atomic E-state index is -0.105. The van der Waals surface area contributed by atoms with Crippen molar-refractivity contribution in [2.24, 2.45) is 0 Å². The highest BCUT2D eigenvalue weighted by Crippen LogP contribution is 2.26. The van der Waals surface area contributed by atoms with E-state index >= 15 is 0 Å². The van der Waals surface area contributed by atoms with Crippen LogP contribution in [0.5, 0.6) is 0 Å². The molecule has 2 amide bonds. The first kappa shape index (κ1) is 17.8. The van der Waals surface area contributed by atoms with Gasteiger partial charge < -0.3 is 19.5 Å². The van der Waals surface area contributed by atoms with Gasteiger partial charge in [-0.25, -0.2) is 9.78 Å². The van der Waals surface area contributed by atoms with Gasteiger partial charge in [0.2, 0.25) is 0 Å². The quantitative estimate of drug-likeness (QED) is 0.534. The van der Waals surface area contributed by atoms with E-state index in [1.165, 1.54) is 0 Å². The molecule has 5 rings (SSSR count). The van der Waals surface area contributed by atoms with Gasteiger partial charge in [-0.3, -0.25) is 0 Å². The molecule has 0 radical (unpaired) electrons. The van der Waals surface area contributed by atoms with Crippen molar-refractivity contribution in [3.63, 3.8) is 0 Å². The molecular formula is C22H20ClN5O. The van der Waals surface area contributed by atoms with Gasteiger partial charge in [-0.2, -0.15) is 0 Å². The number of urea groups is 1. The highest BCUT2D eigenvalue weighted by Gasteiger charge is 2.24. The van der Waals surface area contributed by atoms with E-state index < -0.39 is 0 Å². The number of fused-ring (bicyclic) bond motifs is 3. The van der Waals surface area contributed by atoms with E-state index in [0.29, 0.717) is 23.8 Å². The molecule has 1 N–H and O–H groups in total. The molecule has 3 heterocycles. The van der Waals surface area contributed by atoms with E-state index in [2.05, 4.69) is 32.9 Å². The van der Waals surface area contributed by atoms with E-state index in [-0.39, 0.29) is 6.03 Å². The molecule has 0 saturated carbocycles. The number of amides is 2. The number of benzene rings is 2. The highest BCUT2D eigenvalue weighted by molar-refractivity contribution is 6.30. The third kappa shape index (κ3) is 3.36. The number of para-hydroxylation sites is 2. The monoisotopic (exact) mass is 405 g/mol. The van der Waals surface area contributed by atoms with Crippen molar-refractivity contribution in [1.29, 1.82) is 0 Å². The summed E-state index contributed by atoms with van der Waals surface area (Å²) >= 11 is 6.00. The number of anilines is 2. The normalized spacial score (nSPS) is 14.5. The predicted octanol–water partition coefficient (Wildman–Crippen LogP) is 4.50. The molecule has 7 heteroatoms. The van der Waals surface area contributed by atoms with E-state index in [1.54, 1.807) is 12.1 Å². The molecular weight excluding hydrogens is 386 g/mol. The molecule has 2 aromatic carbocycles. The van der Waals surface area contributed by atoms with Gasteiger partial charge in [0.1, 0.15) is 0 Å². The molecule has 29 heavy (non-hydrogen) atoms. The van der Waals surface area contributed by atoms with Gasteiger partial charge in [-0.15, -0.1) is 0 Å². The average molecular weight is 406 g/mol. The lowest BCUT2D eigenvalue weighted by molar-refractivity contribution is 0.208. The lowest BCUT2D eigenvalue weighted by Crippen LogP contribution is -2.50. The van der Waals surface area contributed by atoms with Crippen molar-refractivity contribution in [2.75, 3.05) is 36.4 Å². The van der Waals surface area contributed by atoms with E-state index in [0.717, 1.165) is 35.5 Å². The van der Waals surface area contributed by atoms with Crippen LogP contribution in [0.15, 0.2) is 66.9 Å². The van der Waals surface area contributed by atoms with Crippen LogP contribution in [0.25, 0.3) is 16.6 Å². The number of halogens is 1. The van der Waals surface area contributed by atoms with Crippen LogP contribution in [0.2, 0.25) is 5.02 Å². The van der Waals surface area contributed by atoms with Gasteiger partial charge in [-0.1, -0.05) is 29.8 Å². The fraction of sp³-hybridized carbons (Fsp3) is 0.182. The molecule has 0 aliphatic carbocycles. The Bertz CT molecular complexity index is 1200. The van der Waals surface area contributed by atoms with Crippen molar-refractivity contribution in [3.05, 3.63) is 71.9 Å². The number of nitrogens with one attached hydrogen (secondary N) is 1. The molecule has 0 atom stereocenters. The molecule has 0 bridgehead atoms. The molecule has 1 aliphatic heterocycles. The van der Waals surface area contributed by atoms with Crippen molar-refractivity contribution in [1.82, 2.24) is 14.3 Å². The predicted molar refractivity (Wildman–Crippen MR) is 117 cm³/mol. The second kappa shape index (κ2) is 7.29. The Kier molecular flexibility index (Phi) is 4.48. The fourth-order valence-electron chi connectivity index (χ4n) is 3.83. The van der Waals surface area contributed by atoms with E-state index in [4.69, 9.17) is 16.6 Å².